The van der Waals surface area contributed by atoms with Crippen LogP contribution in [0.2, 0.25) is 0 Å². The first-order valence-corrected chi connectivity index (χ1v) is 13.9. The summed E-state index contributed by atoms with van der Waals surface area (Å²) >= 11 is 0. The number of amides is 1. The lowest BCUT2D eigenvalue weighted by atomic mass is 9.98. The Balaban J connectivity index is 1.76. The van der Waals surface area contributed by atoms with Crippen LogP contribution in [-0.4, -0.2) is 65.1 Å². The Hall–Kier alpha value is -2.47. The van der Waals surface area contributed by atoms with Crippen LogP contribution in [0.5, 0.6) is 5.75 Å². The molecule has 0 radical (unpaired) electrons. The van der Waals surface area contributed by atoms with Crippen LogP contribution < -0.4 is 10.1 Å². The second kappa shape index (κ2) is 10.4. The van der Waals surface area contributed by atoms with Crippen LogP contribution >= 0.6 is 0 Å². The van der Waals surface area contributed by atoms with E-state index >= 15 is 0 Å². The third kappa shape index (κ3) is 5.60. The van der Waals surface area contributed by atoms with Gasteiger partial charge in [-0.15, -0.1) is 0 Å². The molecule has 1 atom stereocenters. The van der Waals surface area contributed by atoms with E-state index in [-0.39, 0.29) is 22.2 Å². The van der Waals surface area contributed by atoms with Crippen LogP contribution in [0, 0.1) is 12.8 Å². The summed E-state index contributed by atoms with van der Waals surface area (Å²) in [5.74, 6) is -0.306. The molecule has 0 unspecified atom stereocenters. The molecule has 34 heavy (non-hydrogen) atoms. The average molecular weight is 510 g/mol. The number of benzene rings is 2. The van der Waals surface area contributed by atoms with Crippen molar-refractivity contribution in [1.82, 2.24) is 8.61 Å². The molecule has 186 valence electrons. The largest absolute Gasteiger partial charge is 0.494 e. The molecule has 1 heterocycles. The molecule has 2 aromatic carbocycles. The van der Waals surface area contributed by atoms with E-state index in [1.807, 2.05) is 6.92 Å². The number of carbonyl (C=O) groups excluding carboxylic acids is 1. The molecule has 0 saturated carbocycles. The van der Waals surface area contributed by atoms with E-state index in [2.05, 4.69) is 5.32 Å². The number of hydrogen-bond donors (Lipinski definition) is 1. The molecular formula is C23H31N3O6S2. The maximum absolute atomic E-state index is 13.1. The highest BCUT2D eigenvalue weighted by molar-refractivity contribution is 7.89. The fourth-order valence-corrected chi connectivity index (χ4v) is 6.19. The highest BCUT2D eigenvalue weighted by atomic mass is 32.2. The molecule has 1 amide bonds. The third-order valence-electron chi connectivity index (χ3n) is 5.77. The molecule has 0 aliphatic carbocycles. The fraction of sp³-hybridized carbons (Fsp3) is 0.435. The molecule has 1 saturated heterocycles. The topological polar surface area (TPSA) is 113 Å². The number of carbonyl (C=O) groups is 1. The van der Waals surface area contributed by atoms with Crippen LogP contribution in [0.15, 0.2) is 52.3 Å². The lowest BCUT2D eigenvalue weighted by molar-refractivity contribution is -0.120. The number of nitrogens with zero attached hydrogens (tertiary/aromatic N) is 2. The first-order valence-electron chi connectivity index (χ1n) is 11.0. The Morgan fingerprint density at radius 1 is 1.09 bits per heavy atom. The summed E-state index contributed by atoms with van der Waals surface area (Å²) in [6.45, 7) is 4.48. The minimum Gasteiger partial charge on any atom is -0.494 e. The smallest absolute Gasteiger partial charge is 0.243 e. The van der Waals surface area contributed by atoms with Crippen molar-refractivity contribution in [2.24, 2.45) is 5.92 Å². The van der Waals surface area contributed by atoms with Crippen molar-refractivity contribution in [1.29, 1.82) is 0 Å². The first kappa shape index (κ1) is 26.1. The highest BCUT2D eigenvalue weighted by Crippen LogP contribution is 2.27. The van der Waals surface area contributed by atoms with Crippen molar-refractivity contribution in [2.75, 3.05) is 39.1 Å². The molecule has 3 rings (SSSR count). The van der Waals surface area contributed by atoms with E-state index in [9.17, 15) is 21.6 Å². The maximum atomic E-state index is 13.1. The zero-order valence-electron chi connectivity index (χ0n) is 19.8. The minimum atomic E-state index is -3.76. The van der Waals surface area contributed by atoms with Gasteiger partial charge < -0.3 is 10.1 Å². The summed E-state index contributed by atoms with van der Waals surface area (Å²) in [6.07, 6.45) is 1.08. The van der Waals surface area contributed by atoms with Crippen molar-refractivity contribution < 1.29 is 26.4 Å². The average Bonchev–Trinajstić information content (AvgIpc) is 2.81. The van der Waals surface area contributed by atoms with E-state index in [1.165, 1.54) is 42.7 Å². The van der Waals surface area contributed by atoms with Crippen LogP contribution in [0.25, 0.3) is 0 Å². The molecule has 1 N–H and O–H groups in total. The highest BCUT2D eigenvalue weighted by Gasteiger charge is 2.33. The first-order chi connectivity index (χ1) is 16.0. The van der Waals surface area contributed by atoms with Gasteiger partial charge in [0.05, 0.1) is 22.3 Å². The quantitative estimate of drug-likeness (QED) is 0.585. The van der Waals surface area contributed by atoms with Gasteiger partial charge in [-0.25, -0.2) is 21.1 Å². The zero-order valence-corrected chi connectivity index (χ0v) is 21.4. The Kier molecular flexibility index (Phi) is 8.02. The molecule has 0 aromatic heterocycles. The number of ether oxygens (including phenoxy) is 1. The zero-order chi connectivity index (χ0) is 25.1. The second-order valence-electron chi connectivity index (χ2n) is 8.36. The van der Waals surface area contributed by atoms with Gasteiger partial charge in [0.1, 0.15) is 5.75 Å². The molecule has 1 aliphatic heterocycles. The van der Waals surface area contributed by atoms with Gasteiger partial charge >= 0.3 is 0 Å². The van der Waals surface area contributed by atoms with Gasteiger partial charge in [-0.3, -0.25) is 4.79 Å². The Morgan fingerprint density at radius 2 is 1.74 bits per heavy atom. The van der Waals surface area contributed by atoms with Gasteiger partial charge in [0.25, 0.3) is 0 Å². The maximum Gasteiger partial charge on any atom is 0.243 e. The molecule has 1 aliphatic rings. The Labute approximate surface area is 201 Å². The number of aryl methyl sites for hydroxylation is 1. The molecule has 1 fully saturated rings. The number of nitrogens with one attached hydrogen (secondary N) is 1. The number of piperidine rings is 1. The predicted molar refractivity (Wildman–Crippen MR) is 130 cm³/mol. The van der Waals surface area contributed by atoms with Crippen LogP contribution in [0.4, 0.5) is 5.69 Å². The normalized spacial score (nSPS) is 17.5. The van der Waals surface area contributed by atoms with Crippen molar-refractivity contribution >= 4 is 31.6 Å². The number of anilines is 1. The summed E-state index contributed by atoms with van der Waals surface area (Å²) in [4.78, 5) is 13.2. The summed E-state index contributed by atoms with van der Waals surface area (Å²) < 4.78 is 59.0. The SMILES string of the molecule is CCOc1ccc(S(=O)(=O)N2CCC[C@@H](C(=O)Nc3cc(S(=O)(=O)N(C)C)ccc3C)C2)cc1. The lowest BCUT2D eigenvalue weighted by Gasteiger charge is -2.31. The Bertz CT molecular complexity index is 1240. The van der Waals surface area contributed by atoms with Crippen LogP contribution in [0.3, 0.4) is 0 Å². The van der Waals surface area contributed by atoms with Gasteiger partial charge in [-0.2, -0.15) is 4.31 Å². The van der Waals surface area contributed by atoms with Gasteiger partial charge in [0.15, 0.2) is 0 Å². The van der Waals surface area contributed by atoms with Crippen molar-refractivity contribution in [2.45, 2.75) is 36.5 Å². The molecule has 0 spiro atoms. The predicted octanol–water partition coefficient (Wildman–Crippen LogP) is 2.68. The summed E-state index contributed by atoms with van der Waals surface area (Å²) in [5, 5.41) is 2.80. The van der Waals surface area contributed by atoms with Gasteiger partial charge in [-0.05, 0) is 68.7 Å². The van der Waals surface area contributed by atoms with E-state index in [1.54, 1.807) is 25.1 Å². The Morgan fingerprint density at radius 3 is 2.35 bits per heavy atom. The molecule has 11 heteroatoms. The van der Waals surface area contributed by atoms with E-state index in [0.29, 0.717) is 43.0 Å². The standard InChI is InChI=1S/C23H31N3O6S2/c1-5-32-19-9-12-20(13-10-19)34(30,31)26-14-6-7-18(16-26)23(27)24-22-15-21(11-8-17(22)2)33(28,29)25(3)4/h8-13,15,18H,5-7,14,16H2,1-4H3,(H,24,27)/t18-/m1/s1. The molecule has 9 nitrogen and oxygen atoms in total. The number of hydrogen-bond acceptors (Lipinski definition) is 6. The monoisotopic (exact) mass is 509 g/mol. The van der Waals surface area contributed by atoms with E-state index in [4.69, 9.17) is 4.74 Å². The van der Waals surface area contributed by atoms with Crippen LogP contribution in [-0.2, 0) is 24.8 Å². The van der Waals surface area contributed by atoms with E-state index in [0.717, 1.165) is 4.31 Å². The van der Waals surface area contributed by atoms with Gasteiger partial charge in [-0.1, -0.05) is 6.07 Å². The third-order valence-corrected chi connectivity index (χ3v) is 9.46. The van der Waals surface area contributed by atoms with Gasteiger partial charge in [0, 0.05) is 32.9 Å². The van der Waals surface area contributed by atoms with E-state index < -0.39 is 26.0 Å². The summed E-state index contributed by atoms with van der Waals surface area (Å²) in [6, 6.07) is 10.8. The van der Waals surface area contributed by atoms with Crippen molar-refractivity contribution in [3.05, 3.63) is 48.0 Å². The summed E-state index contributed by atoms with van der Waals surface area (Å²) in [5.41, 5.74) is 1.10. The van der Waals surface area contributed by atoms with Gasteiger partial charge in [0.2, 0.25) is 26.0 Å². The number of sulfonamides is 2. The minimum absolute atomic E-state index is 0.0517. The molecule has 0 bridgehead atoms. The van der Waals surface area contributed by atoms with Crippen LogP contribution in [0.1, 0.15) is 25.3 Å². The van der Waals surface area contributed by atoms with Crippen molar-refractivity contribution in [3.8, 4) is 5.75 Å². The second-order valence-corrected chi connectivity index (χ2v) is 12.4. The molecule has 2 aromatic rings. The molecular weight excluding hydrogens is 478 g/mol. The fourth-order valence-electron chi connectivity index (χ4n) is 3.74. The summed E-state index contributed by atoms with van der Waals surface area (Å²) in [7, 11) is -4.54. The van der Waals surface area contributed by atoms with Crippen molar-refractivity contribution in [3.63, 3.8) is 0 Å². The lowest BCUT2D eigenvalue weighted by Crippen LogP contribution is -2.43. The number of rotatable bonds is 8.